The molecule has 0 radical (unpaired) electrons. The van der Waals surface area contributed by atoms with Gasteiger partial charge in [-0.1, -0.05) is 36.4 Å². The Bertz CT molecular complexity index is 1170. The number of nitrogens with zero attached hydrogens (tertiary/aromatic N) is 1. The molecule has 0 aliphatic rings. The van der Waals surface area contributed by atoms with E-state index in [1.807, 2.05) is 30.5 Å². The van der Waals surface area contributed by atoms with Gasteiger partial charge in [0.2, 0.25) is 0 Å². The smallest absolute Gasteiger partial charge is 0.0730 e. The van der Waals surface area contributed by atoms with Gasteiger partial charge in [-0.2, -0.15) is 0 Å². The van der Waals surface area contributed by atoms with Crippen molar-refractivity contribution in [3.8, 4) is 0 Å². The number of hydrogen-bond donors (Lipinski definition) is 2. The fourth-order valence-electron chi connectivity index (χ4n) is 3.28. The number of pyridine rings is 1. The van der Waals surface area contributed by atoms with Gasteiger partial charge in [0.25, 0.3) is 0 Å². The van der Waals surface area contributed by atoms with E-state index in [1.165, 1.54) is 10.8 Å². The van der Waals surface area contributed by atoms with Gasteiger partial charge in [0.05, 0.1) is 5.52 Å². The number of H-pyrrole nitrogens is 1. The second-order valence-electron chi connectivity index (χ2n) is 5.94. The van der Waals surface area contributed by atoms with Crippen molar-refractivity contribution in [1.82, 2.24) is 9.97 Å². The maximum Gasteiger partial charge on any atom is 0.0730 e. The van der Waals surface area contributed by atoms with Crippen LogP contribution in [0.1, 0.15) is 0 Å². The molecule has 3 nitrogen and oxygen atoms in total. The lowest BCUT2D eigenvalue weighted by atomic mass is 10.1. The predicted octanol–water partition coefficient (Wildman–Crippen LogP) is 5.61. The summed E-state index contributed by atoms with van der Waals surface area (Å²) >= 11 is 0. The topological polar surface area (TPSA) is 40.7 Å². The van der Waals surface area contributed by atoms with Crippen LogP contribution in [0.5, 0.6) is 0 Å². The molecule has 0 amide bonds. The first kappa shape index (κ1) is 13.1. The average molecular weight is 309 g/mol. The Morgan fingerprint density at radius 3 is 2.46 bits per heavy atom. The molecule has 2 N–H and O–H groups in total. The fourth-order valence-corrected chi connectivity index (χ4v) is 3.28. The molecule has 3 heteroatoms. The van der Waals surface area contributed by atoms with Crippen molar-refractivity contribution in [1.29, 1.82) is 0 Å². The van der Waals surface area contributed by atoms with Crippen LogP contribution in [0, 0.1) is 0 Å². The minimum atomic E-state index is 0.994. The van der Waals surface area contributed by atoms with Crippen molar-refractivity contribution in [3.05, 3.63) is 79.0 Å². The predicted molar refractivity (Wildman–Crippen MR) is 101 cm³/mol. The molecule has 0 aliphatic heterocycles. The van der Waals surface area contributed by atoms with Gasteiger partial charge in [-0.25, -0.2) is 0 Å². The van der Waals surface area contributed by atoms with E-state index in [2.05, 4.69) is 63.8 Å². The Hall–Kier alpha value is -3.33. The summed E-state index contributed by atoms with van der Waals surface area (Å²) in [7, 11) is 0. The highest BCUT2D eigenvalue weighted by Gasteiger charge is 2.08. The summed E-state index contributed by atoms with van der Waals surface area (Å²) in [6.07, 6.45) is 1.86. The van der Waals surface area contributed by atoms with Gasteiger partial charge < -0.3 is 10.3 Å². The van der Waals surface area contributed by atoms with Crippen molar-refractivity contribution in [2.24, 2.45) is 0 Å². The van der Waals surface area contributed by atoms with Crippen LogP contribution in [-0.4, -0.2) is 9.97 Å². The van der Waals surface area contributed by atoms with E-state index in [0.29, 0.717) is 0 Å². The minimum Gasteiger partial charge on any atom is -0.355 e. The molecule has 0 spiro atoms. The van der Waals surface area contributed by atoms with E-state index in [0.717, 1.165) is 33.3 Å². The van der Waals surface area contributed by atoms with Gasteiger partial charge >= 0.3 is 0 Å². The van der Waals surface area contributed by atoms with Crippen molar-refractivity contribution >= 4 is 44.1 Å². The fraction of sp³-hybridized carbons (Fsp3) is 0. The molecule has 5 rings (SSSR count). The summed E-state index contributed by atoms with van der Waals surface area (Å²) in [5.41, 5.74) is 5.41. The molecule has 0 fully saturated rings. The normalized spacial score (nSPS) is 11.3. The standard InChI is InChI=1S/C21H15N3/c1-2-6-14(7-3-1)23-19-10-11-22-20-12-16-15-8-4-5-9-18(15)24-21(16)13-17(19)20/h1-13,24H,(H,22,23). The monoisotopic (exact) mass is 309 g/mol. The number of fused-ring (bicyclic) bond motifs is 4. The van der Waals surface area contributed by atoms with Gasteiger partial charge in [-0.15, -0.1) is 0 Å². The molecule has 0 bridgehead atoms. The summed E-state index contributed by atoms with van der Waals surface area (Å²) in [4.78, 5) is 8.07. The highest BCUT2D eigenvalue weighted by molar-refractivity contribution is 6.13. The Morgan fingerprint density at radius 2 is 1.54 bits per heavy atom. The molecule has 2 heterocycles. The summed E-state index contributed by atoms with van der Waals surface area (Å²) in [5.74, 6) is 0. The molecule has 114 valence electrons. The van der Waals surface area contributed by atoms with Crippen LogP contribution in [0.25, 0.3) is 32.7 Å². The van der Waals surface area contributed by atoms with E-state index in [1.54, 1.807) is 0 Å². The largest absolute Gasteiger partial charge is 0.355 e. The Kier molecular flexibility index (Phi) is 2.79. The zero-order valence-corrected chi connectivity index (χ0v) is 13.0. The lowest BCUT2D eigenvalue weighted by Crippen LogP contribution is -1.92. The molecule has 0 saturated heterocycles. The van der Waals surface area contributed by atoms with Crippen LogP contribution in [-0.2, 0) is 0 Å². The molecule has 2 aromatic heterocycles. The highest BCUT2D eigenvalue weighted by Crippen LogP contribution is 2.32. The number of nitrogens with one attached hydrogen (secondary N) is 2. The molecule has 0 aliphatic carbocycles. The zero-order valence-electron chi connectivity index (χ0n) is 13.0. The second-order valence-corrected chi connectivity index (χ2v) is 5.94. The van der Waals surface area contributed by atoms with E-state index in [9.17, 15) is 0 Å². The van der Waals surface area contributed by atoms with E-state index in [-0.39, 0.29) is 0 Å². The van der Waals surface area contributed by atoms with E-state index < -0.39 is 0 Å². The Labute approximate surface area is 139 Å². The zero-order chi connectivity index (χ0) is 15.9. The molecule has 3 aromatic carbocycles. The summed E-state index contributed by atoms with van der Waals surface area (Å²) in [5, 5.41) is 7.05. The number of hydrogen-bond acceptors (Lipinski definition) is 2. The second kappa shape index (κ2) is 5.10. The SMILES string of the molecule is c1ccc(Nc2ccnc3cc4c(cc23)[nH]c2ccccc24)cc1. The van der Waals surface area contributed by atoms with Crippen LogP contribution in [0.3, 0.4) is 0 Å². The lowest BCUT2D eigenvalue weighted by Gasteiger charge is -2.09. The maximum atomic E-state index is 4.57. The first-order valence-corrected chi connectivity index (χ1v) is 8.00. The molecular weight excluding hydrogens is 294 g/mol. The molecule has 0 unspecified atom stereocenters. The van der Waals surface area contributed by atoms with Gasteiger partial charge in [-0.3, -0.25) is 4.98 Å². The first-order chi connectivity index (χ1) is 11.9. The van der Waals surface area contributed by atoms with Gasteiger partial charge in [-0.05, 0) is 36.4 Å². The minimum absolute atomic E-state index is 0.994. The Morgan fingerprint density at radius 1 is 0.708 bits per heavy atom. The van der Waals surface area contributed by atoms with Crippen molar-refractivity contribution in [2.45, 2.75) is 0 Å². The van der Waals surface area contributed by atoms with Crippen molar-refractivity contribution < 1.29 is 0 Å². The third-order valence-electron chi connectivity index (χ3n) is 4.42. The number of aromatic nitrogens is 2. The summed E-state index contributed by atoms with van der Waals surface area (Å²) in [6, 6.07) is 24.9. The van der Waals surface area contributed by atoms with Crippen LogP contribution < -0.4 is 5.32 Å². The average Bonchev–Trinajstić information content (AvgIpc) is 2.99. The first-order valence-electron chi connectivity index (χ1n) is 8.00. The van der Waals surface area contributed by atoms with Gasteiger partial charge in [0, 0.05) is 44.8 Å². The summed E-state index contributed by atoms with van der Waals surface area (Å²) in [6.45, 7) is 0. The van der Waals surface area contributed by atoms with Gasteiger partial charge in [0.1, 0.15) is 0 Å². The molecule has 0 saturated carbocycles. The summed E-state index contributed by atoms with van der Waals surface area (Å²) < 4.78 is 0. The van der Waals surface area contributed by atoms with Crippen LogP contribution in [0.2, 0.25) is 0 Å². The van der Waals surface area contributed by atoms with Crippen molar-refractivity contribution in [3.63, 3.8) is 0 Å². The lowest BCUT2D eigenvalue weighted by molar-refractivity contribution is 1.41. The van der Waals surface area contributed by atoms with Crippen LogP contribution in [0.4, 0.5) is 11.4 Å². The third kappa shape index (κ3) is 2.02. The maximum absolute atomic E-state index is 4.57. The number of aromatic amines is 1. The third-order valence-corrected chi connectivity index (χ3v) is 4.42. The van der Waals surface area contributed by atoms with E-state index in [4.69, 9.17) is 0 Å². The number of rotatable bonds is 2. The molecule has 5 aromatic rings. The molecular formula is C21H15N3. The van der Waals surface area contributed by atoms with Crippen LogP contribution >= 0.6 is 0 Å². The van der Waals surface area contributed by atoms with Crippen LogP contribution in [0.15, 0.2) is 79.0 Å². The van der Waals surface area contributed by atoms with Gasteiger partial charge in [0.15, 0.2) is 0 Å². The number of anilines is 2. The number of para-hydroxylation sites is 2. The Balaban J connectivity index is 1.75. The van der Waals surface area contributed by atoms with E-state index >= 15 is 0 Å². The quantitative estimate of drug-likeness (QED) is 0.445. The molecule has 24 heavy (non-hydrogen) atoms. The van der Waals surface area contributed by atoms with Crippen molar-refractivity contribution in [2.75, 3.05) is 5.32 Å². The molecule has 0 atom stereocenters. The number of benzene rings is 3. The highest BCUT2D eigenvalue weighted by atomic mass is 14.9.